The molecule has 35 heavy (non-hydrogen) atoms. The summed E-state index contributed by atoms with van der Waals surface area (Å²) in [7, 11) is 0. The van der Waals surface area contributed by atoms with Gasteiger partial charge in [0.25, 0.3) is 0 Å². The number of carbonyl (C=O) groups is 1. The van der Waals surface area contributed by atoms with Crippen LogP contribution in [0.1, 0.15) is 59.4 Å². The highest BCUT2D eigenvalue weighted by molar-refractivity contribution is 5.79. The maximum absolute atomic E-state index is 14.2. The Hall–Kier alpha value is -3.18. The van der Waals surface area contributed by atoms with Crippen LogP contribution in [0, 0.1) is 19.7 Å². The highest BCUT2D eigenvalue weighted by Crippen LogP contribution is 2.47. The Morgan fingerprint density at radius 3 is 2.03 bits per heavy atom. The molecule has 1 N–H and O–H groups in total. The van der Waals surface area contributed by atoms with Crippen LogP contribution in [0.15, 0.2) is 60.7 Å². The molecule has 1 amide bonds. The molecule has 2 saturated heterocycles. The van der Waals surface area contributed by atoms with E-state index in [9.17, 15) is 14.3 Å². The van der Waals surface area contributed by atoms with E-state index >= 15 is 0 Å². The summed E-state index contributed by atoms with van der Waals surface area (Å²) in [6.45, 7) is 3.76. The van der Waals surface area contributed by atoms with Crippen LogP contribution in [0.2, 0.25) is 0 Å². The molecule has 2 fully saturated rings. The zero-order valence-electron chi connectivity index (χ0n) is 20.1. The lowest BCUT2D eigenvalue weighted by atomic mass is 9.79. The summed E-state index contributed by atoms with van der Waals surface area (Å²) in [4.78, 5) is 15.2. The highest BCUT2D eigenvalue weighted by Gasteiger charge is 2.51. The van der Waals surface area contributed by atoms with Crippen LogP contribution in [0.3, 0.4) is 0 Å². The minimum absolute atomic E-state index is 0.0240. The number of carbonyl (C=O) groups excluding carboxylic acids is 1. The Labute approximate surface area is 205 Å². The summed E-state index contributed by atoms with van der Waals surface area (Å²) in [5, 5.41) is 11.6. The molecule has 180 valence electrons. The average molecular weight is 472 g/mol. The maximum atomic E-state index is 14.2. The summed E-state index contributed by atoms with van der Waals surface area (Å²) >= 11 is 0. The number of hydrogen-bond donors (Lipinski definition) is 1. The Bertz CT molecular complexity index is 1240. The van der Waals surface area contributed by atoms with Gasteiger partial charge < -0.3 is 14.7 Å². The zero-order chi connectivity index (χ0) is 24.3. The van der Waals surface area contributed by atoms with E-state index in [1.165, 1.54) is 22.3 Å². The average Bonchev–Trinajstić information content (AvgIpc) is 3.33. The normalized spacial score (nSPS) is 24.9. The van der Waals surface area contributed by atoms with Crippen LogP contribution in [0.5, 0.6) is 0 Å². The second-order valence-electron chi connectivity index (χ2n) is 10.5. The monoisotopic (exact) mass is 471 g/mol. The van der Waals surface area contributed by atoms with E-state index in [1.807, 2.05) is 29.2 Å². The number of aryl methyl sites for hydroxylation is 2. The molecule has 5 heteroatoms. The summed E-state index contributed by atoms with van der Waals surface area (Å²) in [5.74, 6) is -0.202. The van der Waals surface area contributed by atoms with Gasteiger partial charge in [-0.1, -0.05) is 60.7 Å². The minimum Gasteiger partial charge on any atom is -0.448 e. The van der Waals surface area contributed by atoms with Gasteiger partial charge in [0.05, 0.1) is 5.60 Å². The van der Waals surface area contributed by atoms with Gasteiger partial charge in [-0.3, -0.25) is 0 Å². The number of ether oxygens (including phenoxy) is 1. The van der Waals surface area contributed by atoms with Gasteiger partial charge >= 0.3 is 6.09 Å². The van der Waals surface area contributed by atoms with Crippen LogP contribution < -0.4 is 0 Å². The molecular weight excluding hydrogens is 441 g/mol. The molecule has 2 unspecified atom stereocenters. The van der Waals surface area contributed by atoms with E-state index in [1.54, 1.807) is 26.0 Å². The molecule has 1 aliphatic carbocycles. The number of amides is 1. The number of hydrogen-bond acceptors (Lipinski definition) is 3. The van der Waals surface area contributed by atoms with Gasteiger partial charge in [-0.2, -0.15) is 0 Å². The molecule has 0 saturated carbocycles. The molecule has 2 aliphatic heterocycles. The third-order valence-electron chi connectivity index (χ3n) is 8.29. The Kier molecular flexibility index (Phi) is 5.22. The van der Waals surface area contributed by atoms with Gasteiger partial charge in [0.2, 0.25) is 0 Å². The van der Waals surface area contributed by atoms with Crippen molar-refractivity contribution in [2.24, 2.45) is 0 Å². The number of fused-ring (bicyclic) bond motifs is 5. The Morgan fingerprint density at radius 1 is 0.971 bits per heavy atom. The van der Waals surface area contributed by atoms with E-state index in [0.717, 1.165) is 18.4 Å². The topological polar surface area (TPSA) is 49.8 Å². The van der Waals surface area contributed by atoms with Crippen LogP contribution in [0.4, 0.5) is 9.18 Å². The van der Waals surface area contributed by atoms with Gasteiger partial charge in [-0.15, -0.1) is 0 Å². The van der Waals surface area contributed by atoms with E-state index < -0.39 is 5.60 Å². The van der Waals surface area contributed by atoms with E-state index in [4.69, 9.17) is 4.74 Å². The number of rotatable bonds is 3. The van der Waals surface area contributed by atoms with E-state index in [-0.39, 0.29) is 29.9 Å². The zero-order valence-corrected chi connectivity index (χ0v) is 20.1. The fourth-order valence-corrected chi connectivity index (χ4v) is 6.64. The summed E-state index contributed by atoms with van der Waals surface area (Å²) < 4.78 is 20.1. The van der Waals surface area contributed by atoms with Crippen LogP contribution in [-0.2, 0) is 10.3 Å². The number of nitrogens with zero attached hydrogens (tertiary/aromatic N) is 1. The molecule has 2 heterocycles. The molecule has 0 spiro atoms. The van der Waals surface area contributed by atoms with Crippen molar-refractivity contribution >= 4 is 6.09 Å². The van der Waals surface area contributed by atoms with Crippen molar-refractivity contribution in [3.63, 3.8) is 0 Å². The number of halogens is 1. The minimum atomic E-state index is -1.06. The van der Waals surface area contributed by atoms with Crippen molar-refractivity contribution in [3.05, 3.63) is 94.3 Å². The van der Waals surface area contributed by atoms with Crippen molar-refractivity contribution < 1.29 is 19.0 Å². The molecule has 4 nitrogen and oxygen atoms in total. The molecule has 3 aromatic rings. The molecule has 3 aromatic carbocycles. The number of piperidine rings is 1. The molecule has 0 aromatic heterocycles. The third-order valence-corrected chi connectivity index (χ3v) is 8.29. The van der Waals surface area contributed by atoms with Crippen molar-refractivity contribution in [1.82, 2.24) is 4.90 Å². The highest BCUT2D eigenvalue weighted by atomic mass is 19.1. The number of benzene rings is 3. The van der Waals surface area contributed by atoms with Crippen molar-refractivity contribution in [2.75, 3.05) is 6.61 Å². The first-order valence-corrected chi connectivity index (χ1v) is 12.5. The molecular formula is C30H30FNO3. The quantitative estimate of drug-likeness (QED) is 0.494. The van der Waals surface area contributed by atoms with Crippen molar-refractivity contribution in [1.29, 1.82) is 0 Å². The summed E-state index contributed by atoms with van der Waals surface area (Å²) in [6, 6.07) is 20.0. The third kappa shape index (κ3) is 3.56. The molecule has 6 rings (SSSR count). The Balaban J connectivity index is 1.19. The first-order chi connectivity index (χ1) is 16.9. The van der Waals surface area contributed by atoms with Gasteiger partial charge in [0.1, 0.15) is 12.4 Å². The van der Waals surface area contributed by atoms with Gasteiger partial charge in [-0.25, -0.2) is 9.18 Å². The Morgan fingerprint density at radius 2 is 1.49 bits per heavy atom. The van der Waals surface area contributed by atoms with E-state index in [0.29, 0.717) is 30.6 Å². The largest absolute Gasteiger partial charge is 0.448 e. The molecule has 3 aliphatic rings. The van der Waals surface area contributed by atoms with Crippen molar-refractivity contribution in [2.45, 2.75) is 63.1 Å². The van der Waals surface area contributed by atoms with Crippen LogP contribution in [-0.4, -0.2) is 34.8 Å². The standard InChI is InChI=1S/C30H30FNO3/c1-18-13-20(14-19(2)28(18)31)30(34)15-21-11-12-22(16-30)32(21)29(33)35-17-27-25-9-5-3-7-23(25)24-8-4-6-10-26(24)27/h3-10,13-14,21-22,27,34H,11-12,15-17H2,1-2H3. The summed E-state index contributed by atoms with van der Waals surface area (Å²) in [6.07, 6.45) is 2.27. The lowest BCUT2D eigenvalue weighted by molar-refractivity contribution is -0.0532. The molecule has 0 radical (unpaired) electrons. The van der Waals surface area contributed by atoms with Gasteiger partial charge in [-0.05, 0) is 65.6 Å². The van der Waals surface area contributed by atoms with Crippen LogP contribution >= 0.6 is 0 Å². The maximum Gasteiger partial charge on any atom is 0.410 e. The van der Waals surface area contributed by atoms with Crippen LogP contribution in [0.25, 0.3) is 11.1 Å². The predicted molar refractivity (Wildman–Crippen MR) is 133 cm³/mol. The smallest absolute Gasteiger partial charge is 0.410 e. The molecule has 2 bridgehead atoms. The lowest BCUT2D eigenvalue weighted by Crippen LogP contribution is -2.52. The molecule has 2 atom stereocenters. The van der Waals surface area contributed by atoms with Crippen molar-refractivity contribution in [3.8, 4) is 11.1 Å². The number of aliphatic hydroxyl groups is 1. The summed E-state index contributed by atoms with van der Waals surface area (Å²) in [5.41, 5.74) is 5.57. The predicted octanol–water partition coefficient (Wildman–Crippen LogP) is 6.21. The first-order valence-electron chi connectivity index (χ1n) is 12.5. The fourth-order valence-electron chi connectivity index (χ4n) is 6.64. The van der Waals surface area contributed by atoms with Gasteiger partial charge in [0.15, 0.2) is 0 Å². The SMILES string of the molecule is Cc1cc(C2(O)CC3CCC(C2)N3C(=O)OCC2c3ccccc3-c3ccccc32)cc(C)c1F. The second-order valence-corrected chi connectivity index (χ2v) is 10.5. The van der Waals surface area contributed by atoms with Gasteiger partial charge in [0, 0.05) is 30.8 Å². The fraction of sp³-hybridized carbons (Fsp3) is 0.367. The first kappa shape index (κ1) is 22.3. The lowest BCUT2D eigenvalue weighted by Gasteiger charge is -2.43. The second kappa shape index (κ2) is 8.20. The van der Waals surface area contributed by atoms with E-state index in [2.05, 4.69) is 24.3 Å².